The number of hydrogen-bond donors (Lipinski definition) is 1. The Balaban J connectivity index is 2.02. The molecular weight excluding hydrogens is 541 g/mol. The number of carbonyl (C=O) groups excluding carboxylic acids is 2. The molecule has 11 heteroatoms. The molecule has 3 rings (SSSR count). The number of halogens is 3. The molecule has 170 valence electrons. The van der Waals surface area contributed by atoms with E-state index in [1.54, 1.807) is 38.2 Å². The fraction of sp³-hybridized carbons (Fsp3) is 0.333. The van der Waals surface area contributed by atoms with Gasteiger partial charge in [-0.2, -0.15) is 0 Å². The second kappa shape index (κ2) is 10.8. The summed E-state index contributed by atoms with van der Waals surface area (Å²) in [6.45, 7) is 4.90. The van der Waals surface area contributed by atoms with Crippen molar-refractivity contribution in [2.45, 2.75) is 39.0 Å². The van der Waals surface area contributed by atoms with Crippen molar-refractivity contribution in [1.82, 2.24) is 10.3 Å². The van der Waals surface area contributed by atoms with Crippen molar-refractivity contribution < 1.29 is 19.1 Å². The molecule has 1 aromatic carbocycles. The zero-order chi connectivity index (χ0) is 23.4. The van der Waals surface area contributed by atoms with Crippen molar-refractivity contribution in [3.05, 3.63) is 61.7 Å². The number of carbonyl (C=O) groups is 2. The van der Waals surface area contributed by atoms with Crippen LogP contribution >= 0.6 is 50.5 Å². The molecule has 0 bridgehead atoms. The minimum Gasteiger partial charge on any atom is -0.460 e. The van der Waals surface area contributed by atoms with Crippen molar-refractivity contribution >= 4 is 68.2 Å². The first-order valence-electron chi connectivity index (χ1n) is 9.61. The first-order chi connectivity index (χ1) is 15.2. The molecule has 1 unspecified atom stereocenters. The molecule has 1 N–H and O–H groups in total. The number of amidine groups is 1. The number of rotatable bonds is 7. The maximum Gasteiger partial charge on any atom is 0.347 e. The number of aromatic nitrogens is 1. The Hall–Kier alpha value is -1.94. The van der Waals surface area contributed by atoms with Crippen LogP contribution < -0.4 is 5.32 Å². The molecule has 0 radical (unpaired) electrons. The highest BCUT2D eigenvalue weighted by molar-refractivity contribution is 9.09. The van der Waals surface area contributed by atoms with Gasteiger partial charge >= 0.3 is 11.9 Å². The van der Waals surface area contributed by atoms with Gasteiger partial charge in [-0.05, 0) is 32.9 Å². The second-order valence-corrected chi connectivity index (χ2v) is 9.37. The van der Waals surface area contributed by atoms with E-state index in [4.69, 9.17) is 37.7 Å². The summed E-state index contributed by atoms with van der Waals surface area (Å²) >= 11 is 17.3. The third-order valence-electron chi connectivity index (χ3n) is 4.34. The van der Waals surface area contributed by atoms with E-state index in [-0.39, 0.29) is 11.7 Å². The molecule has 1 aliphatic heterocycles. The number of thiazole rings is 1. The Morgan fingerprint density at radius 1 is 1.25 bits per heavy atom. The SMILES string of the molecule is CC(C)OC(=O)[C@@H](C)OC(=O)C1=C(CBr)NC(c2nccs2)=NC1c1ccc(Cl)cc1Cl. The third kappa shape index (κ3) is 5.70. The van der Waals surface area contributed by atoms with Crippen LogP contribution in [-0.2, 0) is 19.1 Å². The summed E-state index contributed by atoms with van der Waals surface area (Å²) in [4.78, 5) is 34.4. The lowest BCUT2D eigenvalue weighted by atomic mass is 9.96. The van der Waals surface area contributed by atoms with Gasteiger partial charge in [0.15, 0.2) is 16.9 Å². The minimum absolute atomic E-state index is 0.218. The number of nitrogens with zero attached hydrogens (tertiary/aromatic N) is 2. The number of esters is 2. The largest absolute Gasteiger partial charge is 0.460 e. The third-order valence-corrected chi connectivity index (χ3v) is 6.24. The van der Waals surface area contributed by atoms with Crippen LogP contribution in [0.4, 0.5) is 0 Å². The van der Waals surface area contributed by atoms with E-state index >= 15 is 0 Å². The Kier molecular flexibility index (Phi) is 8.32. The quantitative estimate of drug-likeness (QED) is 0.375. The summed E-state index contributed by atoms with van der Waals surface area (Å²) in [7, 11) is 0. The fourth-order valence-corrected chi connectivity index (χ4v) is 4.48. The summed E-state index contributed by atoms with van der Waals surface area (Å²) < 4.78 is 10.6. The first-order valence-corrected chi connectivity index (χ1v) is 12.4. The van der Waals surface area contributed by atoms with Crippen LogP contribution in [0.15, 0.2) is 46.0 Å². The highest BCUT2D eigenvalue weighted by atomic mass is 79.9. The number of allylic oxidation sites excluding steroid dienone is 1. The molecule has 1 aromatic heterocycles. The van der Waals surface area contributed by atoms with Crippen LogP contribution in [0.5, 0.6) is 0 Å². The zero-order valence-electron chi connectivity index (χ0n) is 17.4. The summed E-state index contributed by atoms with van der Waals surface area (Å²) in [6, 6.07) is 4.16. The lowest BCUT2D eigenvalue weighted by Gasteiger charge is -2.27. The minimum atomic E-state index is -1.10. The molecule has 0 fully saturated rings. The summed E-state index contributed by atoms with van der Waals surface area (Å²) in [5.74, 6) is -0.849. The maximum atomic E-state index is 13.2. The van der Waals surface area contributed by atoms with E-state index in [0.29, 0.717) is 37.5 Å². The summed E-state index contributed by atoms with van der Waals surface area (Å²) in [6.07, 6.45) is 0.237. The highest BCUT2D eigenvalue weighted by Gasteiger charge is 2.35. The van der Waals surface area contributed by atoms with Crippen LogP contribution in [0.2, 0.25) is 10.0 Å². The van der Waals surface area contributed by atoms with E-state index in [2.05, 4.69) is 26.2 Å². The maximum absolute atomic E-state index is 13.2. The molecule has 32 heavy (non-hydrogen) atoms. The van der Waals surface area contributed by atoms with Gasteiger partial charge < -0.3 is 14.8 Å². The predicted octanol–water partition coefficient (Wildman–Crippen LogP) is 5.07. The summed E-state index contributed by atoms with van der Waals surface area (Å²) in [5.41, 5.74) is 1.31. The Labute approximate surface area is 208 Å². The van der Waals surface area contributed by atoms with Gasteiger partial charge in [-0.25, -0.2) is 14.6 Å². The van der Waals surface area contributed by atoms with E-state index in [1.165, 1.54) is 18.3 Å². The molecule has 0 saturated heterocycles. The number of nitrogens with one attached hydrogen (secondary N) is 1. The fourth-order valence-electron chi connectivity index (χ4n) is 2.94. The van der Waals surface area contributed by atoms with E-state index in [1.807, 2.05) is 5.38 Å². The lowest BCUT2D eigenvalue weighted by molar-refractivity contribution is -0.167. The van der Waals surface area contributed by atoms with E-state index in [0.717, 1.165) is 0 Å². The van der Waals surface area contributed by atoms with Crippen molar-refractivity contribution in [1.29, 1.82) is 0 Å². The van der Waals surface area contributed by atoms with E-state index < -0.39 is 24.1 Å². The van der Waals surface area contributed by atoms with Crippen LogP contribution in [0.1, 0.15) is 37.4 Å². The van der Waals surface area contributed by atoms with Crippen molar-refractivity contribution in [2.75, 3.05) is 5.33 Å². The molecule has 0 spiro atoms. The Morgan fingerprint density at radius 3 is 2.59 bits per heavy atom. The normalized spacial score (nSPS) is 17.0. The average Bonchev–Trinajstić information content (AvgIpc) is 3.27. The molecule has 2 aromatic rings. The highest BCUT2D eigenvalue weighted by Crippen LogP contribution is 2.37. The molecule has 2 atom stereocenters. The van der Waals surface area contributed by atoms with Gasteiger partial charge in [-0.15, -0.1) is 11.3 Å². The zero-order valence-corrected chi connectivity index (χ0v) is 21.3. The molecule has 0 amide bonds. The molecular formula is C21H20BrCl2N3O4S. The molecule has 0 aliphatic carbocycles. The smallest absolute Gasteiger partial charge is 0.347 e. The summed E-state index contributed by atoms with van der Waals surface area (Å²) in [5, 5.41) is 6.73. The molecule has 0 saturated carbocycles. The van der Waals surface area contributed by atoms with Gasteiger partial charge in [0, 0.05) is 38.2 Å². The van der Waals surface area contributed by atoms with Crippen LogP contribution in [0.25, 0.3) is 0 Å². The van der Waals surface area contributed by atoms with E-state index in [9.17, 15) is 9.59 Å². The second-order valence-electron chi connectivity index (χ2n) is 7.07. The number of aliphatic imine (C=N–C) groups is 1. The molecule has 1 aliphatic rings. The van der Waals surface area contributed by atoms with Gasteiger partial charge in [-0.1, -0.05) is 45.2 Å². The Morgan fingerprint density at radius 2 is 2.00 bits per heavy atom. The van der Waals surface area contributed by atoms with Crippen LogP contribution in [0.3, 0.4) is 0 Å². The van der Waals surface area contributed by atoms with Gasteiger partial charge in [-0.3, -0.25) is 4.99 Å². The average molecular weight is 561 g/mol. The topological polar surface area (TPSA) is 89.9 Å². The van der Waals surface area contributed by atoms with Crippen molar-refractivity contribution in [3.8, 4) is 0 Å². The first kappa shape index (κ1) is 24.7. The lowest BCUT2D eigenvalue weighted by Crippen LogP contribution is -2.36. The van der Waals surface area contributed by atoms with Crippen molar-refractivity contribution in [2.24, 2.45) is 4.99 Å². The number of ether oxygens (including phenoxy) is 2. The van der Waals surface area contributed by atoms with Crippen LogP contribution in [0, 0.1) is 0 Å². The number of alkyl halides is 1. The predicted molar refractivity (Wildman–Crippen MR) is 129 cm³/mol. The van der Waals surface area contributed by atoms with Gasteiger partial charge in [0.05, 0.1) is 11.7 Å². The monoisotopic (exact) mass is 559 g/mol. The molecule has 2 heterocycles. The van der Waals surface area contributed by atoms with Gasteiger partial charge in [0.2, 0.25) is 0 Å². The molecule has 7 nitrogen and oxygen atoms in total. The van der Waals surface area contributed by atoms with Crippen LogP contribution in [-0.4, -0.2) is 40.3 Å². The van der Waals surface area contributed by atoms with Gasteiger partial charge in [0.1, 0.15) is 6.04 Å². The standard InChI is InChI=1S/C21H20BrCl2N3O4S/c1-10(2)30-20(28)11(3)31-21(29)16-15(9-22)26-18(19-25-6-7-32-19)27-17(16)13-5-4-12(23)8-14(13)24/h4-8,10-11,17H,9H2,1-3H3,(H,26,27)/t11-,17?/m1/s1. The van der Waals surface area contributed by atoms with Crippen molar-refractivity contribution in [3.63, 3.8) is 0 Å². The Bertz CT molecular complexity index is 1070. The number of benzene rings is 1. The van der Waals surface area contributed by atoms with Gasteiger partial charge in [0.25, 0.3) is 0 Å². The number of hydrogen-bond acceptors (Lipinski definition) is 8.